The van der Waals surface area contributed by atoms with Crippen LogP contribution in [0, 0.1) is 0 Å². The minimum Gasteiger partial charge on any atom is -0.478 e. The minimum absolute atomic E-state index is 0.000442. The van der Waals surface area contributed by atoms with Crippen molar-refractivity contribution in [2.45, 2.75) is 38.3 Å². The molecule has 1 fully saturated rings. The highest BCUT2D eigenvalue weighted by atomic mass is 16.5. The molecule has 0 radical (unpaired) electrons. The molecular formula is C21H27N5O3. The maximum atomic E-state index is 5.78. The Hall–Kier alpha value is -2.71. The van der Waals surface area contributed by atoms with Gasteiger partial charge in [0.15, 0.2) is 0 Å². The molecule has 0 spiro atoms. The molecule has 154 valence electrons. The highest BCUT2D eigenvalue weighted by molar-refractivity contribution is 5.87. The Bertz CT molecular complexity index is 987. The third kappa shape index (κ3) is 3.65. The van der Waals surface area contributed by atoms with Crippen molar-refractivity contribution in [3.8, 4) is 5.88 Å². The molecule has 0 bridgehead atoms. The molecule has 0 amide bonds. The summed E-state index contributed by atoms with van der Waals surface area (Å²) >= 11 is 0. The zero-order chi connectivity index (χ0) is 20.4. The van der Waals surface area contributed by atoms with Gasteiger partial charge in [0.1, 0.15) is 17.1 Å². The van der Waals surface area contributed by atoms with Gasteiger partial charge in [-0.15, -0.1) is 0 Å². The monoisotopic (exact) mass is 397 g/mol. The predicted molar refractivity (Wildman–Crippen MR) is 110 cm³/mol. The summed E-state index contributed by atoms with van der Waals surface area (Å²) in [4.78, 5) is 9.30. The Morgan fingerprint density at radius 2 is 2.21 bits per heavy atom. The van der Waals surface area contributed by atoms with E-state index >= 15 is 0 Å². The van der Waals surface area contributed by atoms with E-state index in [0.717, 1.165) is 28.0 Å². The van der Waals surface area contributed by atoms with Gasteiger partial charge in [0.05, 0.1) is 43.4 Å². The number of hydrogen-bond acceptors (Lipinski definition) is 7. The van der Waals surface area contributed by atoms with Gasteiger partial charge >= 0.3 is 0 Å². The van der Waals surface area contributed by atoms with E-state index in [2.05, 4.69) is 40.4 Å². The van der Waals surface area contributed by atoms with Crippen molar-refractivity contribution in [3.05, 3.63) is 41.9 Å². The Morgan fingerprint density at radius 1 is 1.34 bits per heavy atom. The van der Waals surface area contributed by atoms with Crippen LogP contribution in [0.2, 0.25) is 0 Å². The van der Waals surface area contributed by atoms with Gasteiger partial charge in [-0.05, 0) is 32.9 Å². The number of ether oxygens (including phenoxy) is 3. The number of methoxy groups -OCH3 is 1. The highest BCUT2D eigenvalue weighted by Crippen LogP contribution is 2.37. The van der Waals surface area contributed by atoms with E-state index in [4.69, 9.17) is 19.2 Å². The number of fused-ring (bicyclic) bond motifs is 1. The number of H-pyrrole nitrogens is 1. The van der Waals surface area contributed by atoms with Gasteiger partial charge in [-0.1, -0.05) is 6.07 Å². The summed E-state index contributed by atoms with van der Waals surface area (Å²) in [6.45, 7) is 7.94. The van der Waals surface area contributed by atoms with Crippen molar-refractivity contribution in [2.24, 2.45) is 0 Å². The Morgan fingerprint density at radius 3 is 3.00 bits per heavy atom. The van der Waals surface area contributed by atoms with Crippen LogP contribution in [0.1, 0.15) is 32.0 Å². The maximum Gasteiger partial charge on any atom is 0.217 e. The molecule has 4 rings (SSSR count). The van der Waals surface area contributed by atoms with Gasteiger partial charge in [-0.25, -0.2) is 9.97 Å². The SMILES string of the molecule is CCOc1ncccc1C(C)(C)c1cc(N[C@H]2COC[C@@H]2OC)c2[nH]ncc2n1. The van der Waals surface area contributed by atoms with Gasteiger partial charge < -0.3 is 19.5 Å². The second-order valence-corrected chi connectivity index (χ2v) is 7.66. The van der Waals surface area contributed by atoms with Crippen LogP contribution in [0.4, 0.5) is 5.69 Å². The number of aromatic amines is 1. The summed E-state index contributed by atoms with van der Waals surface area (Å²) in [6, 6.07) is 6.09. The quantitative estimate of drug-likeness (QED) is 0.633. The lowest BCUT2D eigenvalue weighted by molar-refractivity contribution is 0.0795. The van der Waals surface area contributed by atoms with E-state index in [-0.39, 0.29) is 12.1 Å². The first-order chi connectivity index (χ1) is 14.0. The van der Waals surface area contributed by atoms with E-state index in [1.165, 1.54) is 0 Å². The molecule has 8 nitrogen and oxygen atoms in total. The molecule has 0 aliphatic carbocycles. The lowest BCUT2D eigenvalue weighted by atomic mass is 9.81. The highest BCUT2D eigenvalue weighted by Gasteiger charge is 2.32. The van der Waals surface area contributed by atoms with Gasteiger partial charge in [-0.3, -0.25) is 5.10 Å². The summed E-state index contributed by atoms with van der Waals surface area (Å²) in [6.07, 6.45) is 3.49. The molecule has 1 aliphatic heterocycles. The lowest BCUT2D eigenvalue weighted by Crippen LogP contribution is -2.33. The smallest absolute Gasteiger partial charge is 0.217 e. The number of nitrogens with zero attached hydrogens (tertiary/aromatic N) is 3. The molecule has 4 heterocycles. The second-order valence-electron chi connectivity index (χ2n) is 7.66. The standard InChI is InChI=1S/C21H27N5O3/c1-5-29-20-13(7-6-8-22-20)21(2,3)18-9-14(19-15(25-18)10-23-26-19)24-16-11-28-12-17(16)27-4/h6-10,16-17H,5,11-12H2,1-4H3,(H,23,26)(H,24,25)/t16-,17-/m0/s1. The van der Waals surface area contributed by atoms with Crippen LogP contribution in [0.15, 0.2) is 30.6 Å². The largest absolute Gasteiger partial charge is 0.478 e. The Kier molecular flexibility index (Phi) is 5.38. The Labute approximate surface area is 170 Å². The number of nitrogens with one attached hydrogen (secondary N) is 2. The molecular weight excluding hydrogens is 370 g/mol. The van der Waals surface area contributed by atoms with Gasteiger partial charge in [-0.2, -0.15) is 5.10 Å². The average molecular weight is 397 g/mol. The van der Waals surface area contributed by atoms with Crippen LogP contribution in [0.3, 0.4) is 0 Å². The summed E-state index contributed by atoms with van der Waals surface area (Å²) in [5.74, 6) is 0.632. The van der Waals surface area contributed by atoms with Crippen LogP contribution >= 0.6 is 0 Å². The van der Waals surface area contributed by atoms with Crippen LogP contribution in [-0.2, 0) is 14.9 Å². The fraction of sp³-hybridized carbons (Fsp3) is 0.476. The molecule has 1 aliphatic rings. The Balaban J connectivity index is 1.76. The first-order valence-electron chi connectivity index (χ1n) is 9.84. The van der Waals surface area contributed by atoms with Crippen molar-refractivity contribution >= 4 is 16.7 Å². The van der Waals surface area contributed by atoms with Gasteiger partial charge in [0.2, 0.25) is 5.88 Å². The van der Waals surface area contributed by atoms with Crippen molar-refractivity contribution in [1.29, 1.82) is 0 Å². The molecule has 1 saturated heterocycles. The summed E-state index contributed by atoms with van der Waals surface area (Å²) in [5.41, 5.74) is 4.05. The normalized spacial score (nSPS) is 19.6. The molecule has 0 saturated carbocycles. The van der Waals surface area contributed by atoms with E-state index in [1.807, 2.05) is 19.1 Å². The van der Waals surface area contributed by atoms with Crippen LogP contribution in [0.5, 0.6) is 5.88 Å². The third-order valence-electron chi connectivity index (χ3n) is 5.45. The molecule has 3 aromatic heterocycles. The topological polar surface area (TPSA) is 94.2 Å². The minimum atomic E-state index is -0.423. The van der Waals surface area contributed by atoms with Crippen molar-refractivity contribution < 1.29 is 14.2 Å². The fourth-order valence-electron chi connectivity index (χ4n) is 3.73. The molecule has 8 heteroatoms. The first-order valence-corrected chi connectivity index (χ1v) is 9.84. The van der Waals surface area contributed by atoms with Crippen LogP contribution < -0.4 is 10.1 Å². The average Bonchev–Trinajstić information content (AvgIpc) is 3.37. The van der Waals surface area contributed by atoms with Crippen LogP contribution in [0.25, 0.3) is 11.0 Å². The van der Waals surface area contributed by atoms with Gasteiger partial charge in [0, 0.05) is 24.3 Å². The number of aromatic nitrogens is 4. The number of rotatable bonds is 7. The number of anilines is 1. The van der Waals surface area contributed by atoms with Crippen molar-refractivity contribution in [1.82, 2.24) is 20.2 Å². The van der Waals surface area contributed by atoms with E-state index in [0.29, 0.717) is 25.7 Å². The third-order valence-corrected chi connectivity index (χ3v) is 5.45. The molecule has 0 unspecified atom stereocenters. The number of pyridine rings is 2. The van der Waals surface area contributed by atoms with Crippen molar-refractivity contribution in [3.63, 3.8) is 0 Å². The maximum absolute atomic E-state index is 5.78. The zero-order valence-electron chi connectivity index (χ0n) is 17.2. The predicted octanol–water partition coefficient (Wildman–Crippen LogP) is 2.90. The van der Waals surface area contributed by atoms with Gasteiger partial charge in [0.25, 0.3) is 0 Å². The van der Waals surface area contributed by atoms with E-state index in [1.54, 1.807) is 19.5 Å². The first kappa shape index (κ1) is 19.6. The molecule has 0 aromatic carbocycles. The molecule has 29 heavy (non-hydrogen) atoms. The lowest BCUT2D eigenvalue weighted by Gasteiger charge is -2.27. The van der Waals surface area contributed by atoms with Crippen molar-refractivity contribution in [2.75, 3.05) is 32.2 Å². The van der Waals surface area contributed by atoms with E-state index < -0.39 is 5.41 Å². The molecule has 3 aromatic rings. The zero-order valence-corrected chi connectivity index (χ0v) is 17.2. The second kappa shape index (κ2) is 7.96. The van der Waals surface area contributed by atoms with Crippen LogP contribution in [-0.4, -0.2) is 59.2 Å². The summed E-state index contributed by atoms with van der Waals surface area (Å²) in [5, 5.41) is 10.8. The number of hydrogen-bond donors (Lipinski definition) is 2. The molecule has 2 atom stereocenters. The van der Waals surface area contributed by atoms with E-state index in [9.17, 15) is 0 Å². The molecule has 2 N–H and O–H groups in total. The summed E-state index contributed by atoms with van der Waals surface area (Å²) < 4.78 is 16.9. The summed E-state index contributed by atoms with van der Waals surface area (Å²) in [7, 11) is 1.71. The fourth-order valence-corrected chi connectivity index (χ4v) is 3.73.